The Kier molecular flexibility index (Phi) is 3.42. The van der Waals surface area contributed by atoms with Crippen LogP contribution in [0.5, 0.6) is 0 Å². The van der Waals surface area contributed by atoms with Crippen LogP contribution in [0.1, 0.15) is 33.7 Å². The molecule has 0 bridgehead atoms. The van der Waals surface area contributed by atoms with E-state index in [2.05, 4.69) is 35.3 Å². The fourth-order valence-corrected chi connectivity index (χ4v) is 2.66. The minimum absolute atomic E-state index is 0.304. The number of benzene rings is 1. The van der Waals surface area contributed by atoms with Crippen LogP contribution >= 0.6 is 0 Å². The molecule has 1 aliphatic rings. The smallest absolute Gasteiger partial charge is 0.354 e. The lowest BCUT2D eigenvalue weighted by molar-refractivity contribution is 0.0594. The van der Waals surface area contributed by atoms with Crippen LogP contribution in [-0.2, 0) is 17.6 Å². The number of nitrogens with one attached hydrogen (secondary N) is 1. The summed E-state index contributed by atoms with van der Waals surface area (Å²) in [5, 5.41) is 0. The first-order chi connectivity index (χ1) is 9.78. The van der Waals surface area contributed by atoms with Gasteiger partial charge in [0.15, 0.2) is 0 Å². The zero-order chi connectivity index (χ0) is 13.9. The maximum absolute atomic E-state index is 11.5. The summed E-state index contributed by atoms with van der Waals surface area (Å²) in [5.74, 6) is -0.304. The number of rotatable bonds is 3. The summed E-state index contributed by atoms with van der Waals surface area (Å²) >= 11 is 0. The third-order valence-electron chi connectivity index (χ3n) is 3.72. The Bertz CT molecular complexity index is 653. The van der Waals surface area contributed by atoms with Crippen molar-refractivity contribution >= 4 is 11.5 Å². The average Bonchev–Trinajstić information content (AvgIpc) is 3.06. The molecule has 1 aromatic carbocycles. The van der Waals surface area contributed by atoms with E-state index in [4.69, 9.17) is 4.74 Å². The van der Waals surface area contributed by atoms with Gasteiger partial charge in [-0.3, -0.25) is 0 Å². The van der Waals surface area contributed by atoms with Crippen LogP contribution in [0.25, 0.3) is 5.57 Å². The first-order valence-corrected chi connectivity index (χ1v) is 6.81. The summed E-state index contributed by atoms with van der Waals surface area (Å²) in [4.78, 5) is 14.7. The Labute approximate surface area is 118 Å². The number of ether oxygens (including phenoxy) is 1. The van der Waals surface area contributed by atoms with E-state index in [0.717, 1.165) is 25.0 Å². The SMILES string of the molecule is COC(=O)c1cc2c([nH]1)CCC2=CCc1ccccc1. The van der Waals surface area contributed by atoms with Gasteiger partial charge in [0.05, 0.1) is 7.11 Å². The highest BCUT2D eigenvalue weighted by atomic mass is 16.5. The number of H-pyrrole nitrogens is 1. The summed E-state index contributed by atoms with van der Waals surface area (Å²) in [6, 6.07) is 12.3. The highest BCUT2D eigenvalue weighted by Gasteiger charge is 2.21. The minimum atomic E-state index is -0.304. The number of methoxy groups -OCH3 is 1. The Hall–Kier alpha value is -2.29. The van der Waals surface area contributed by atoms with E-state index < -0.39 is 0 Å². The molecular weight excluding hydrogens is 250 g/mol. The molecule has 3 nitrogen and oxygen atoms in total. The molecule has 1 heterocycles. The molecule has 0 spiro atoms. The zero-order valence-electron chi connectivity index (χ0n) is 11.5. The number of aromatic amines is 1. The predicted octanol–water partition coefficient (Wildman–Crippen LogP) is 3.37. The molecule has 2 aromatic rings. The molecule has 0 aliphatic heterocycles. The number of aromatic nitrogens is 1. The number of fused-ring (bicyclic) bond motifs is 1. The van der Waals surface area contributed by atoms with E-state index in [1.54, 1.807) is 0 Å². The molecule has 1 aromatic heterocycles. The van der Waals surface area contributed by atoms with E-state index in [1.807, 2.05) is 12.1 Å². The number of aryl methyl sites for hydroxylation is 1. The van der Waals surface area contributed by atoms with E-state index in [9.17, 15) is 4.79 Å². The lowest BCUT2D eigenvalue weighted by atomic mass is 10.1. The van der Waals surface area contributed by atoms with E-state index in [-0.39, 0.29) is 5.97 Å². The Morgan fingerprint density at radius 1 is 1.30 bits per heavy atom. The van der Waals surface area contributed by atoms with Crippen molar-refractivity contribution in [2.75, 3.05) is 7.11 Å². The predicted molar refractivity (Wildman–Crippen MR) is 78.6 cm³/mol. The maximum Gasteiger partial charge on any atom is 0.354 e. The topological polar surface area (TPSA) is 42.1 Å². The average molecular weight is 267 g/mol. The van der Waals surface area contributed by atoms with Gasteiger partial charge in [-0.1, -0.05) is 36.4 Å². The largest absolute Gasteiger partial charge is 0.464 e. The lowest BCUT2D eigenvalue weighted by Crippen LogP contribution is -2.01. The molecule has 0 saturated carbocycles. The van der Waals surface area contributed by atoms with Gasteiger partial charge in [0.2, 0.25) is 0 Å². The summed E-state index contributed by atoms with van der Waals surface area (Å²) in [6.07, 6.45) is 5.19. The third kappa shape index (κ3) is 2.39. The van der Waals surface area contributed by atoms with Crippen molar-refractivity contribution in [2.24, 2.45) is 0 Å². The normalized spacial score (nSPS) is 15.3. The summed E-state index contributed by atoms with van der Waals surface area (Å²) < 4.78 is 4.75. The molecule has 0 unspecified atom stereocenters. The van der Waals surface area contributed by atoms with Crippen molar-refractivity contribution in [3.05, 3.63) is 65.0 Å². The fourth-order valence-electron chi connectivity index (χ4n) is 2.66. The van der Waals surface area contributed by atoms with Gasteiger partial charge < -0.3 is 9.72 Å². The second-order valence-electron chi connectivity index (χ2n) is 4.99. The van der Waals surface area contributed by atoms with E-state index in [0.29, 0.717) is 5.69 Å². The highest BCUT2D eigenvalue weighted by Crippen LogP contribution is 2.33. The molecular formula is C17H17NO2. The molecule has 0 fully saturated rings. The second kappa shape index (κ2) is 5.37. The van der Waals surface area contributed by atoms with Crippen LogP contribution < -0.4 is 0 Å². The van der Waals surface area contributed by atoms with Gasteiger partial charge in [0, 0.05) is 5.69 Å². The van der Waals surface area contributed by atoms with Gasteiger partial charge in [-0.05, 0) is 42.0 Å². The molecule has 0 saturated heterocycles. The van der Waals surface area contributed by atoms with E-state index in [1.165, 1.54) is 23.8 Å². The van der Waals surface area contributed by atoms with Gasteiger partial charge in [0.25, 0.3) is 0 Å². The van der Waals surface area contributed by atoms with Crippen molar-refractivity contribution in [2.45, 2.75) is 19.3 Å². The Morgan fingerprint density at radius 3 is 2.85 bits per heavy atom. The molecule has 102 valence electrons. The second-order valence-corrected chi connectivity index (χ2v) is 4.99. The number of allylic oxidation sites excluding steroid dienone is 2. The fraction of sp³-hybridized carbons (Fsp3) is 0.235. The number of esters is 1. The number of carbonyl (C=O) groups excluding carboxylic acids is 1. The van der Waals surface area contributed by atoms with Crippen molar-refractivity contribution in [3.63, 3.8) is 0 Å². The maximum atomic E-state index is 11.5. The molecule has 3 heteroatoms. The van der Waals surface area contributed by atoms with Gasteiger partial charge in [-0.2, -0.15) is 0 Å². The third-order valence-corrected chi connectivity index (χ3v) is 3.72. The molecule has 20 heavy (non-hydrogen) atoms. The van der Waals surface area contributed by atoms with Crippen molar-refractivity contribution < 1.29 is 9.53 Å². The van der Waals surface area contributed by atoms with Crippen LogP contribution in [0.2, 0.25) is 0 Å². The molecule has 0 radical (unpaired) electrons. The minimum Gasteiger partial charge on any atom is -0.464 e. The van der Waals surface area contributed by atoms with Crippen LogP contribution in [0, 0.1) is 0 Å². The van der Waals surface area contributed by atoms with Gasteiger partial charge in [-0.15, -0.1) is 0 Å². The van der Waals surface area contributed by atoms with E-state index >= 15 is 0 Å². The molecule has 3 rings (SSSR count). The first kappa shape index (κ1) is 12.7. The molecule has 0 amide bonds. The quantitative estimate of drug-likeness (QED) is 0.866. The van der Waals surface area contributed by atoms with Crippen molar-refractivity contribution in [1.82, 2.24) is 4.98 Å². The monoisotopic (exact) mass is 267 g/mol. The number of hydrogen-bond donors (Lipinski definition) is 1. The molecule has 1 N–H and O–H groups in total. The summed E-state index contributed by atoms with van der Waals surface area (Å²) in [6.45, 7) is 0. The lowest BCUT2D eigenvalue weighted by Gasteiger charge is -1.99. The van der Waals surface area contributed by atoms with Gasteiger partial charge >= 0.3 is 5.97 Å². The van der Waals surface area contributed by atoms with Gasteiger partial charge in [-0.25, -0.2) is 4.79 Å². The zero-order valence-corrected chi connectivity index (χ0v) is 11.5. The van der Waals surface area contributed by atoms with Crippen LogP contribution in [-0.4, -0.2) is 18.1 Å². The van der Waals surface area contributed by atoms with Crippen molar-refractivity contribution in [1.29, 1.82) is 0 Å². The van der Waals surface area contributed by atoms with Gasteiger partial charge in [0.1, 0.15) is 5.69 Å². The van der Waals surface area contributed by atoms with Crippen LogP contribution in [0.4, 0.5) is 0 Å². The number of carbonyl (C=O) groups is 1. The standard InChI is InChI=1S/C17H17NO2/c1-20-17(19)16-11-14-13(9-10-15(14)18-16)8-7-12-5-3-2-4-6-12/h2-6,8,11,18H,7,9-10H2,1H3. The van der Waals surface area contributed by atoms with Crippen LogP contribution in [0.15, 0.2) is 42.5 Å². The van der Waals surface area contributed by atoms with Crippen molar-refractivity contribution in [3.8, 4) is 0 Å². The summed E-state index contributed by atoms with van der Waals surface area (Å²) in [5.41, 5.74) is 5.47. The number of hydrogen-bond acceptors (Lipinski definition) is 2. The Balaban J connectivity index is 1.81. The first-order valence-electron chi connectivity index (χ1n) is 6.81. The molecule has 0 atom stereocenters. The highest BCUT2D eigenvalue weighted by molar-refractivity contribution is 5.90. The Morgan fingerprint density at radius 2 is 2.10 bits per heavy atom. The molecule has 1 aliphatic carbocycles. The summed E-state index contributed by atoms with van der Waals surface area (Å²) in [7, 11) is 1.40. The van der Waals surface area contributed by atoms with Crippen LogP contribution in [0.3, 0.4) is 0 Å².